The van der Waals surface area contributed by atoms with E-state index in [0.717, 1.165) is 18.5 Å². The van der Waals surface area contributed by atoms with Crippen molar-refractivity contribution in [2.45, 2.75) is 18.9 Å². The van der Waals surface area contributed by atoms with Gasteiger partial charge in [0.15, 0.2) is 0 Å². The predicted octanol–water partition coefficient (Wildman–Crippen LogP) is 3.56. The Morgan fingerprint density at radius 1 is 1.12 bits per heavy atom. The highest BCUT2D eigenvalue weighted by Crippen LogP contribution is 2.27. The lowest BCUT2D eigenvalue weighted by atomic mass is 10.0. The van der Waals surface area contributed by atoms with E-state index in [0.29, 0.717) is 30.2 Å². The molecule has 3 rings (SSSR count). The van der Waals surface area contributed by atoms with Crippen LogP contribution in [-0.4, -0.2) is 44.2 Å². The average molecular weight is 358 g/mol. The number of amides is 1. The Morgan fingerprint density at radius 2 is 1.77 bits per heavy atom. The minimum Gasteiger partial charge on any atom is -0.497 e. The molecule has 1 heterocycles. The lowest BCUT2D eigenvalue weighted by Crippen LogP contribution is -2.45. The third kappa shape index (κ3) is 4.25. The van der Waals surface area contributed by atoms with Gasteiger partial charge in [0.1, 0.15) is 17.3 Å². The van der Waals surface area contributed by atoms with Crippen molar-refractivity contribution < 1.29 is 18.7 Å². The highest BCUT2D eigenvalue weighted by molar-refractivity contribution is 5.94. The van der Waals surface area contributed by atoms with Gasteiger partial charge in [-0.2, -0.15) is 0 Å². The lowest BCUT2D eigenvalue weighted by Gasteiger charge is -2.34. The number of anilines is 1. The van der Waals surface area contributed by atoms with E-state index in [1.807, 2.05) is 23.1 Å². The van der Waals surface area contributed by atoms with Crippen LogP contribution in [0, 0.1) is 5.82 Å². The van der Waals surface area contributed by atoms with Gasteiger partial charge in [-0.1, -0.05) is 0 Å². The Labute approximate surface area is 152 Å². The third-order valence-electron chi connectivity index (χ3n) is 4.52. The van der Waals surface area contributed by atoms with Crippen LogP contribution >= 0.6 is 0 Å². The van der Waals surface area contributed by atoms with Crippen LogP contribution in [0.1, 0.15) is 23.2 Å². The van der Waals surface area contributed by atoms with E-state index >= 15 is 0 Å². The molecule has 0 spiro atoms. The summed E-state index contributed by atoms with van der Waals surface area (Å²) >= 11 is 0. The molecule has 1 aliphatic rings. The largest absolute Gasteiger partial charge is 0.497 e. The van der Waals surface area contributed by atoms with Gasteiger partial charge in [-0.15, -0.1) is 0 Å². The number of nitrogens with one attached hydrogen (secondary N) is 1. The van der Waals surface area contributed by atoms with Gasteiger partial charge in [0.05, 0.1) is 14.2 Å². The number of hydrogen-bond donors (Lipinski definition) is 1. The summed E-state index contributed by atoms with van der Waals surface area (Å²) in [6.07, 6.45) is 1.87. The Morgan fingerprint density at radius 3 is 2.38 bits per heavy atom. The van der Waals surface area contributed by atoms with Gasteiger partial charge in [-0.3, -0.25) is 4.79 Å². The molecule has 1 amide bonds. The molecule has 26 heavy (non-hydrogen) atoms. The molecule has 1 saturated heterocycles. The minimum absolute atomic E-state index is 0.0697. The van der Waals surface area contributed by atoms with Gasteiger partial charge in [0.25, 0.3) is 5.91 Å². The minimum atomic E-state index is -0.341. The van der Waals surface area contributed by atoms with Crippen LogP contribution in [0.3, 0.4) is 0 Å². The first-order valence-corrected chi connectivity index (χ1v) is 8.63. The maximum absolute atomic E-state index is 13.1. The number of hydrogen-bond acceptors (Lipinski definition) is 4. The summed E-state index contributed by atoms with van der Waals surface area (Å²) < 4.78 is 23.7. The SMILES string of the molecule is COc1cc(NC2CCCN(C(=O)c3ccc(F)cc3)C2)cc(OC)c1. The van der Waals surface area contributed by atoms with Crippen molar-refractivity contribution in [1.29, 1.82) is 0 Å². The van der Waals surface area contributed by atoms with Crippen molar-refractivity contribution in [1.82, 2.24) is 4.90 Å². The van der Waals surface area contributed by atoms with E-state index in [1.165, 1.54) is 24.3 Å². The summed E-state index contributed by atoms with van der Waals surface area (Å²) in [5.41, 5.74) is 1.40. The van der Waals surface area contributed by atoms with Crippen LogP contribution in [0.15, 0.2) is 42.5 Å². The smallest absolute Gasteiger partial charge is 0.253 e. The van der Waals surface area contributed by atoms with Crippen LogP contribution in [0.4, 0.5) is 10.1 Å². The molecule has 1 atom stereocenters. The number of methoxy groups -OCH3 is 2. The van der Waals surface area contributed by atoms with Crippen LogP contribution in [0.2, 0.25) is 0 Å². The highest BCUT2D eigenvalue weighted by Gasteiger charge is 2.24. The second-order valence-electron chi connectivity index (χ2n) is 6.34. The molecule has 5 nitrogen and oxygen atoms in total. The fourth-order valence-corrected chi connectivity index (χ4v) is 3.18. The van der Waals surface area contributed by atoms with Gasteiger partial charge in [-0.05, 0) is 37.1 Å². The summed E-state index contributed by atoms with van der Waals surface area (Å²) in [7, 11) is 3.23. The van der Waals surface area contributed by atoms with Crippen LogP contribution < -0.4 is 14.8 Å². The van der Waals surface area contributed by atoms with E-state index in [2.05, 4.69) is 5.32 Å². The number of piperidine rings is 1. The van der Waals surface area contributed by atoms with Gasteiger partial charge >= 0.3 is 0 Å². The van der Waals surface area contributed by atoms with Gasteiger partial charge in [0, 0.05) is 48.6 Å². The van der Waals surface area contributed by atoms with Crippen molar-refractivity contribution in [3.8, 4) is 11.5 Å². The molecule has 1 unspecified atom stereocenters. The van der Waals surface area contributed by atoms with E-state index in [4.69, 9.17) is 9.47 Å². The predicted molar refractivity (Wildman–Crippen MR) is 98.5 cm³/mol. The molecule has 6 heteroatoms. The molecule has 1 N–H and O–H groups in total. The molecule has 2 aromatic carbocycles. The second-order valence-corrected chi connectivity index (χ2v) is 6.34. The van der Waals surface area contributed by atoms with E-state index < -0.39 is 0 Å². The molecule has 1 fully saturated rings. The molecule has 138 valence electrons. The number of rotatable bonds is 5. The summed E-state index contributed by atoms with van der Waals surface area (Å²) in [6, 6.07) is 11.4. The van der Waals surface area contributed by atoms with Gasteiger partial charge < -0.3 is 19.7 Å². The molecular formula is C20H23FN2O3. The quantitative estimate of drug-likeness (QED) is 0.888. The number of benzene rings is 2. The molecule has 0 radical (unpaired) electrons. The van der Waals surface area contributed by atoms with Gasteiger partial charge in [0.2, 0.25) is 0 Å². The van der Waals surface area contributed by atoms with Crippen molar-refractivity contribution in [2.24, 2.45) is 0 Å². The number of carbonyl (C=O) groups is 1. The van der Waals surface area contributed by atoms with E-state index in [-0.39, 0.29) is 17.8 Å². The number of carbonyl (C=O) groups excluding carboxylic acids is 1. The Bertz CT molecular complexity index is 742. The summed E-state index contributed by atoms with van der Waals surface area (Å²) in [6.45, 7) is 1.30. The first-order valence-electron chi connectivity index (χ1n) is 8.63. The number of nitrogens with zero attached hydrogens (tertiary/aromatic N) is 1. The molecular weight excluding hydrogens is 335 g/mol. The molecule has 2 aromatic rings. The lowest BCUT2D eigenvalue weighted by molar-refractivity contribution is 0.0714. The zero-order valence-electron chi connectivity index (χ0n) is 15.0. The Hall–Kier alpha value is -2.76. The number of likely N-dealkylation sites (tertiary alicyclic amines) is 1. The highest BCUT2D eigenvalue weighted by atomic mass is 19.1. The Balaban J connectivity index is 1.68. The molecule has 0 aliphatic carbocycles. The molecule has 0 bridgehead atoms. The zero-order valence-corrected chi connectivity index (χ0v) is 15.0. The zero-order chi connectivity index (χ0) is 18.5. The number of halogens is 1. The van der Waals surface area contributed by atoms with Crippen molar-refractivity contribution in [3.63, 3.8) is 0 Å². The van der Waals surface area contributed by atoms with Crippen molar-refractivity contribution in [2.75, 3.05) is 32.6 Å². The monoisotopic (exact) mass is 358 g/mol. The Kier molecular flexibility index (Phi) is 5.61. The number of ether oxygens (including phenoxy) is 2. The summed E-state index contributed by atoms with van der Waals surface area (Å²) in [5.74, 6) is 1.01. The van der Waals surface area contributed by atoms with Gasteiger partial charge in [-0.25, -0.2) is 4.39 Å². The van der Waals surface area contributed by atoms with Crippen molar-refractivity contribution in [3.05, 3.63) is 53.8 Å². The maximum Gasteiger partial charge on any atom is 0.253 e. The maximum atomic E-state index is 13.1. The first kappa shape index (κ1) is 18.0. The molecule has 0 saturated carbocycles. The first-order chi connectivity index (χ1) is 12.6. The van der Waals surface area contributed by atoms with Crippen LogP contribution in [0.25, 0.3) is 0 Å². The summed E-state index contributed by atoms with van der Waals surface area (Å²) in [4.78, 5) is 14.5. The van der Waals surface area contributed by atoms with Crippen molar-refractivity contribution >= 4 is 11.6 Å². The topological polar surface area (TPSA) is 50.8 Å². The fraction of sp³-hybridized carbons (Fsp3) is 0.350. The van der Waals surface area contributed by atoms with E-state index in [1.54, 1.807) is 14.2 Å². The van der Waals surface area contributed by atoms with Crippen LogP contribution in [0.5, 0.6) is 11.5 Å². The molecule has 1 aliphatic heterocycles. The van der Waals surface area contributed by atoms with E-state index in [9.17, 15) is 9.18 Å². The standard InChI is InChI=1S/C20H23FN2O3/c1-25-18-10-17(11-19(12-18)26-2)22-16-4-3-9-23(13-16)20(24)14-5-7-15(21)8-6-14/h5-8,10-12,16,22H,3-4,9,13H2,1-2H3. The second kappa shape index (κ2) is 8.08. The molecule has 0 aromatic heterocycles. The average Bonchev–Trinajstić information content (AvgIpc) is 2.68. The summed E-state index contributed by atoms with van der Waals surface area (Å²) in [5, 5.41) is 3.46. The normalized spacial score (nSPS) is 16.9. The third-order valence-corrected chi connectivity index (χ3v) is 4.52. The van der Waals surface area contributed by atoms with Crippen LogP contribution in [-0.2, 0) is 0 Å². The fourth-order valence-electron chi connectivity index (χ4n) is 3.18.